The van der Waals surface area contributed by atoms with Crippen LogP contribution in [0.1, 0.15) is 24.8 Å². The zero-order chi connectivity index (χ0) is 27.9. The van der Waals surface area contributed by atoms with E-state index in [1.807, 2.05) is 65.6 Å². The van der Waals surface area contributed by atoms with Crippen LogP contribution in [-0.2, 0) is 4.79 Å². The Bertz CT molecular complexity index is 1620. The van der Waals surface area contributed by atoms with Gasteiger partial charge in [-0.2, -0.15) is 0 Å². The molecule has 8 nitrogen and oxygen atoms in total. The van der Waals surface area contributed by atoms with Crippen LogP contribution in [0.15, 0.2) is 94.2 Å². The molecule has 0 bridgehead atoms. The lowest BCUT2D eigenvalue weighted by Gasteiger charge is -2.25. The number of carbonyl (C=O) groups is 1. The minimum absolute atomic E-state index is 0.0671. The SMILES string of the molecule is O=C(C=CC=Cc1ccc2c(c1)OCO2)N1CCCCC1.O=c1cc(-c2ccccc2)oc2cc(O)cc(O)c12. The van der Waals surface area contributed by atoms with E-state index in [9.17, 15) is 19.8 Å². The summed E-state index contributed by atoms with van der Waals surface area (Å²) in [7, 11) is 0. The van der Waals surface area contributed by atoms with Crippen LogP contribution in [0, 0.1) is 0 Å². The summed E-state index contributed by atoms with van der Waals surface area (Å²) in [5.41, 5.74) is 1.58. The highest BCUT2D eigenvalue weighted by molar-refractivity contribution is 5.88. The van der Waals surface area contributed by atoms with E-state index in [1.165, 1.54) is 18.6 Å². The number of fused-ring (bicyclic) bond motifs is 2. The van der Waals surface area contributed by atoms with Gasteiger partial charge in [-0.3, -0.25) is 9.59 Å². The number of carbonyl (C=O) groups excluding carboxylic acids is 1. The Hall–Kier alpha value is -4.98. The molecule has 3 aromatic carbocycles. The summed E-state index contributed by atoms with van der Waals surface area (Å²) < 4.78 is 16.2. The standard InChI is InChI=1S/C17H19NO3.C15H10O4/c19-17(18-10-4-1-5-11-18)7-3-2-6-14-8-9-15-16(12-14)21-13-20-15;16-10-6-11(17)15-12(18)8-13(19-14(15)7-10)9-4-2-1-3-5-9/h2-3,6-9,12H,1,4-5,10-11,13H2;1-8,16-17H. The Labute approximate surface area is 231 Å². The van der Waals surface area contributed by atoms with E-state index in [4.69, 9.17) is 13.9 Å². The molecular weight excluding hydrogens is 510 g/mol. The Morgan fingerprint density at radius 2 is 1.62 bits per heavy atom. The van der Waals surface area contributed by atoms with Gasteiger partial charge < -0.3 is 29.0 Å². The average molecular weight is 540 g/mol. The van der Waals surface area contributed by atoms with E-state index >= 15 is 0 Å². The number of hydrogen-bond acceptors (Lipinski definition) is 7. The van der Waals surface area contributed by atoms with Crippen molar-refractivity contribution in [2.45, 2.75) is 19.3 Å². The van der Waals surface area contributed by atoms with Gasteiger partial charge in [-0.1, -0.05) is 54.6 Å². The number of amides is 1. The van der Waals surface area contributed by atoms with Crippen LogP contribution < -0.4 is 14.9 Å². The van der Waals surface area contributed by atoms with Crippen molar-refractivity contribution in [1.82, 2.24) is 4.90 Å². The normalized spacial score (nSPS) is 14.4. The number of phenols is 2. The van der Waals surface area contributed by atoms with Gasteiger partial charge in [0.05, 0.1) is 0 Å². The second-order valence-corrected chi connectivity index (χ2v) is 9.40. The van der Waals surface area contributed by atoms with E-state index < -0.39 is 0 Å². The molecule has 2 N–H and O–H groups in total. The first kappa shape index (κ1) is 26.6. The molecule has 1 fully saturated rings. The van der Waals surface area contributed by atoms with Crippen LogP contribution >= 0.6 is 0 Å². The number of likely N-dealkylation sites (tertiary alicyclic amines) is 1. The minimum Gasteiger partial charge on any atom is -0.508 e. The van der Waals surface area contributed by atoms with Gasteiger partial charge in [0.1, 0.15) is 28.2 Å². The van der Waals surface area contributed by atoms with Crippen molar-refractivity contribution in [1.29, 1.82) is 0 Å². The Morgan fingerprint density at radius 3 is 2.42 bits per heavy atom. The second kappa shape index (κ2) is 12.3. The fourth-order valence-corrected chi connectivity index (χ4v) is 4.54. The molecule has 3 heterocycles. The predicted octanol–water partition coefficient (Wildman–Crippen LogP) is 5.87. The molecule has 2 aliphatic rings. The lowest BCUT2D eigenvalue weighted by atomic mass is 10.1. The smallest absolute Gasteiger partial charge is 0.246 e. The predicted molar refractivity (Wildman–Crippen MR) is 152 cm³/mol. The molecule has 1 saturated heterocycles. The van der Waals surface area contributed by atoms with Gasteiger partial charge in [0.25, 0.3) is 0 Å². The lowest BCUT2D eigenvalue weighted by Crippen LogP contribution is -2.34. The van der Waals surface area contributed by atoms with Gasteiger partial charge >= 0.3 is 0 Å². The molecule has 0 spiro atoms. The van der Waals surface area contributed by atoms with Crippen molar-refractivity contribution in [2.75, 3.05) is 19.9 Å². The second-order valence-electron chi connectivity index (χ2n) is 9.40. The molecule has 0 radical (unpaired) electrons. The zero-order valence-electron chi connectivity index (χ0n) is 21.8. The fourth-order valence-electron chi connectivity index (χ4n) is 4.54. The largest absolute Gasteiger partial charge is 0.508 e. The lowest BCUT2D eigenvalue weighted by molar-refractivity contribution is -0.126. The first-order valence-corrected chi connectivity index (χ1v) is 13.1. The fraction of sp³-hybridized carbons (Fsp3) is 0.188. The Kier molecular flexibility index (Phi) is 8.15. The van der Waals surface area contributed by atoms with E-state index in [2.05, 4.69) is 0 Å². The van der Waals surface area contributed by atoms with Crippen LogP contribution in [0.3, 0.4) is 0 Å². The molecule has 0 aliphatic carbocycles. The maximum Gasteiger partial charge on any atom is 0.246 e. The van der Waals surface area contributed by atoms with Crippen LogP contribution in [0.4, 0.5) is 0 Å². The first-order chi connectivity index (χ1) is 19.5. The summed E-state index contributed by atoms with van der Waals surface area (Å²) in [6.45, 7) is 2.05. The molecule has 6 rings (SSSR count). The number of allylic oxidation sites excluding steroid dienone is 2. The quantitative estimate of drug-likeness (QED) is 0.247. The number of benzene rings is 3. The maximum absolute atomic E-state index is 12.0. The minimum atomic E-state index is -0.349. The van der Waals surface area contributed by atoms with Crippen LogP contribution in [0.2, 0.25) is 0 Å². The molecule has 0 unspecified atom stereocenters. The number of rotatable bonds is 4. The molecule has 8 heteroatoms. The highest BCUT2D eigenvalue weighted by Gasteiger charge is 2.14. The van der Waals surface area contributed by atoms with Gasteiger partial charge in [0, 0.05) is 42.9 Å². The molecule has 0 atom stereocenters. The number of aromatic hydroxyl groups is 2. The van der Waals surface area contributed by atoms with E-state index in [0.717, 1.165) is 54.6 Å². The number of phenolic OH excluding ortho intramolecular Hbond substituents is 2. The molecule has 2 aliphatic heterocycles. The van der Waals surface area contributed by atoms with Gasteiger partial charge in [0.15, 0.2) is 16.9 Å². The van der Waals surface area contributed by atoms with Gasteiger partial charge in [0.2, 0.25) is 12.7 Å². The summed E-state index contributed by atoms with van der Waals surface area (Å²) >= 11 is 0. The maximum atomic E-state index is 12.0. The molecule has 1 amide bonds. The summed E-state index contributed by atoms with van der Waals surface area (Å²) in [6, 6.07) is 18.7. The topological polar surface area (TPSA) is 109 Å². The van der Waals surface area contributed by atoms with Crippen molar-refractivity contribution in [3.05, 3.63) is 101 Å². The van der Waals surface area contributed by atoms with Gasteiger partial charge in [-0.05, 0) is 37.0 Å². The summed E-state index contributed by atoms with van der Waals surface area (Å²) in [5.74, 6) is 1.60. The van der Waals surface area contributed by atoms with Crippen molar-refractivity contribution in [3.63, 3.8) is 0 Å². The van der Waals surface area contributed by atoms with Crippen molar-refractivity contribution >= 4 is 23.0 Å². The van der Waals surface area contributed by atoms with Crippen molar-refractivity contribution in [3.8, 4) is 34.3 Å². The van der Waals surface area contributed by atoms with Crippen LogP contribution in [-0.4, -0.2) is 40.9 Å². The van der Waals surface area contributed by atoms with E-state index in [1.54, 1.807) is 12.2 Å². The average Bonchev–Trinajstić information content (AvgIpc) is 3.44. The summed E-state index contributed by atoms with van der Waals surface area (Å²) in [4.78, 5) is 25.8. The molecule has 4 aromatic rings. The number of piperidine rings is 1. The third kappa shape index (κ3) is 6.35. The van der Waals surface area contributed by atoms with E-state index in [-0.39, 0.29) is 40.6 Å². The summed E-state index contributed by atoms with van der Waals surface area (Å²) in [5, 5.41) is 19.2. The highest BCUT2D eigenvalue weighted by atomic mass is 16.7. The molecular formula is C32H29NO7. The zero-order valence-corrected chi connectivity index (χ0v) is 21.8. The third-order valence-corrected chi connectivity index (χ3v) is 6.56. The number of hydrogen-bond donors (Lipinski definition) is 2. The highest BCUT2D eigenvalue weighted by Crippen LogP contribution is 2.33. The molecule has 0 saturated carbocycles. The first-order valence-electron chi connectivity index (χ1n) is 13.1. The van der Waals surface area contributed by atoms with Crippen LogP contribution in [0.25, 0.3) is 28.4 Å². The molecule has 1 aromatic heterocycles. The molecule has 204 valence electrons. The monoisotopic (exact) mass is 539 g/mol. The number of ether oxygens (including phenoxy) is 2. The van der Waals surface area contributed by atoms with Crippen LogP contribution in [0.5, 0.6) is 23.0 Å². The van der Waals surface area contributed by atoms with Gasteiger partial charge in [-0.15, -0.1) is 0 Å². The third-order valence-electron chi connectivity index (χ3n) is 6.56. The Balaban J connectivity index is 0.000000162. The number of nitrogens with zero attached hydrogens (tertiary/aromatic N) is 1. The summed E-state index contributed by atoms with van der Waals surface area (Å²) in [6.07, 6.45) is 10.7. The molecule has 40 heavy (non-hydrogen) atoms. The van der Waals surface area contributed by atoms with E-state index in [0.29, 0.717) is 5.76 Å². The van der Waals surface area contributed by atoms with Gasteiger partial charge in [-0.25, -0.2) is 0 Å². The van der Waals surface area contributed by atoms with Crippen molar-refractivity contribution < 1.29 is 28.9 Å². The van der Waals surface area contributed by atoms with Crippen molar-refractivity contribution in [2.24, 2.45) is 0 Å². The Morgan fingerprint density at radius 1 is 0.850 bits per heavy atom.